The van der Waals surface area contributed by atoms with E-state index in [9.17, 15) is 14.8 Å². The minimum Gasteiger partial charge on any atom is -0.481 e. The number of carboxylic acids is 1. The number of nitrogens with zero attached hydrogens (tertiary/aromatic N) is 2. The highest BCUT2D eigenvalue weighted by molar-refractivity contribution is 6.33. The average molecular weight is 411 g/mol. The van der Waals surface area contributed by atoms with Gasteiger partial charge in [-0.1, -0.05) is 60.1 Å². The number of benzene rings is 2. The topological polar surface area (TPSA) is 91.9 Å². The number of rotatable bonds is 6. The molecule has 1 heterocycles. The van der Waals surface area contributed by atoms with Crippen molar-refractivity contribution in [2.45, 2.75) is 12.8 Å². The summed E-state index contributed by atoms with van der Waals surface area (Å²) in [6.07, 6.45) is 1.30. The lowest BCUT2D eigenvalue weighted by atomic mass is 9.95. The summed E-state index contributed by atoms with van der Waals surface area (Å²) in [4.78, 5) is 27.8. The molecule has 2 N–H and O–H groups in total. The summed E-state index contributed by atoms with van der Waals surface area (Å²) in [6.45, 7) is 0. The zero-order valence-electron chi connectivity index (χ0n) is 15.4. The Labute approximate surface area is 172 Å². The normalized spacial score (nSPS) is 12.5. The van der Waals surface area contributed by atoms with Crippen LogP contribution >= 0.6 is 11.6 Å². The summed E-state index contributed by atoms with van der Waals surface area (Å²) in [5, 5.41) is 19.9. The van der Waals surface area contributed by atoms with Crippen molar-refractivity contribution in [1.82, 2.24) is 4.73 Å². The summed E-state index contributed by atoms with van der Waals surface area (Å²) in [7, 11) is 0. The highest BCUT2D eigenvalue weighted by atomic mass is 35.5. The molecule has 0 aliphatic rings. The van der Waals surface area contributed by atoms with Crippen LogP contribution in [0.1, 0.15) is 12.0 Å². The predicted molar refractivity (Wildman–Crippen MR) is 109 cm³/mol. The Hall–Kier alpha value is -3.38. The fourth-order valence-corrected chi connectivity index (χ4v) is 3.23. The van der Waals surface area contributed by atoms with E-state index in [2.05, 4.69) is 4.99 Å². The zero-order chi connectivity index (χ0) is 20.8. The van der Waals surface area contributed by atoms with Gasteiger partial charge in [-0.3, -0.25) is 9.59 Å². The molecule has 3 rings (SSSR count). The van der Waals surface area contributed by atoms with E-state index in [0.717, 1.165) is 15.9 Å². The van der Waals surface area contributed by atoms with Gasteiger partial charge in [-0.05, 0) is 30.2 Å². The van der Waals surface area contributed by atoms with Crippen molar-refractivity contribution in [3.63, 3.8) is 0 Å². The van der Waals surface area contributed by atoms with Crippen LogP contribution < -0.4 is 5.49 Å². The van der Waals surface area contributed by atoms with Crippen LogP contribution in [0.2, 0.25) is 5.02 Å². The third kappa shape index (κ3) is 5.33. The van der Waals surface area contributed by atoms with E-state index in [0.29, 0.717) is 10.6 Å². The lowest BCUT2D eigenvalue weighted by Crippen LogP contribution is -2.25. The number of amides is 1. The molecule has 6 nitrogen and oxygen atoms in total. The van der Waals surface area contributed by atoms with E-state index in [-0.39, 0.29) is 18.3 Å². The molecule has 1 aromatic heterocycles. The number of pyridine rings is 1. The second-order valence-corrected chi connectivity index (χ2v) is 6.94. The maximum absolute atomic E-state index is 12.6. The summed E-state index contributed by atoms with van der Waals surface area (Å²) >= 11 is 6.18. The fraction of sp³-hybridized carbons (Fsp3) is 0.136. The van der Waals surface area contributed by atoms with E-state index in [1.807, 2.05) is 42.5 Å². The minimum atomic E-state index is -1.08. The number of hydrogen-bond acceptors (Lipinski definition) is 3. The molecule has 0 saturated carbocycles. The van der Waals surface area contributed by atoms with Gasteiger partial charge in [0, 0.05) is 16.1 Å². The van der Waals surface area contributed by atoms with Gasteiger partial charge in [0.15, 0.2) is 5.49 Å². The molecule has 0 saturated heterocycles. The van der Waals surface area contributed by atoms with Gasteiger partial charge in [-0.2, -0.15) is 9.72 Å². The minimum absolute atomic E-state index is 0.00857. The molecule has 0 bridgehead atoms. The molecule has 1 atom stereocenters. The van der Waals surface area contributed by atoms with E-state index in [4.69, 9.17) is 16.7 Å². The van der Waals surface area contributed by atoms with Crippen molar-refractivity contribution in [2.24, 2.45) is 10.9 Å². The van der Waals surface area contributed by atoms with E-state index >= 15 is 0 Å². The number of carboxylic acid groups (broad SMARTS) is 1. The molecule has 3 aromatic rings. The number of aromatic nitrogens is 1. The maximum atomic E-state index is 12.6. The summed E-state index contributed by atoms with van der Waals surface area (Å²) in [6, 6.07) is 19.5. The van der Waals surface area contributed by atoms with Gasteiger partial charge in [0.25, 0.3) is 5.91 Å². The molecule has 0 spiro atoms. The van der Waals surface area contributed by atoms with Gasteiger partial charge in [-0.25, -0.2) is 0 Å². The van der Waals surface area contributed by atoms with Gasteiger partial charge in [0.05, 0.1) is 18.5 Å². The van der Waals surface area contributed by atoms with Crippen LogP contribution in [0.4, 0.5) is 0 Å². The second-order valence-electron chi connectivity index (χ2n) is 6.53. The van der Waals surface area contributed by atoms with Gasteiger partial charge >= 0.3 is 5.97 Å². The molecule has 0 unspecified atom stereocenters. The van der Waals surface area contributed by atoms with Crippen LogP contribution in [-0.4, -0.2) is 26.9 Å². The van der Waals surface area contributed by atoms with Crippen molar-refractivity contribution in [1.29, 1.82) is 0 Å². The quantitative estimate of drug-likeness (QED) is 0.604. The molecular weight excluding hydrogens is 392 g/mol. The van der Waals surface area contributed by atoms with Crippen molar-refractivity contribution in [2.75, 3.05) is 0 Å². The van der Waals surface area contributed by atoms with Crippen LogP contribution in [0, 0.1) is 5.92 Å². The first-order chi connectivity index (χ1) is 13.9. The number of aliphatic carboxylic acids is 1. The molecule has 0 fully saturated rings. The van der Waals surface area contributed by atoms with Crippen LogP contribution in [0.5, 0.6) is 0 Å². The van der Waals surface area contributed by atoms with Gasteiger partial charge < -0.3 is 10.3 Å². The van der Waals surface area contributed by atoms with Crippen LogP contribution in [-0.2, 0) is 16.0 Å². The third-order valence-electron chi connectivity index (χ3n) is 4.41. The van der Waals surface area contributed by atoms with E-state index in [1.165, 1.54) is 12.3 Å². The molecule has 0 radical (unpaired) electrons. The molecule has 7 heteroatoms. The Bertz CT molecular complexity index is 1090. The van der Waals surface area contributed by atoms with Crippen LogP contribution in [0.25, 0.3) is 11.1 Å². The molecule has 29 heavy (non-hydrogen) atoms. The van der Waals surface area contributed by atoms with E-state index < -0.39 is 17.8 Å². The van der Waals surface area contributed by atoms with Crippen LogP contribution in [0.15, 0.2) is 77.9 Å². The molecule has 0 aliphatic heterocycles. The number of hydrogen-bond donors (Lipinski definition) is 2. The van der Waals surface area contributed by atoms with Gasteiger partial charge in [0.2, 0.25) is 0 Å². The lowest BCUT2D eigenvalue weighted by molar-refractivity contribution is -0.140. The highest BCUT2D eigenvalue weighted by Gasteiger charge is 2.22. The first-order valence-electron chi connectivity index (χ1n) is 8.95. The lowest BCUT2D eigenvalue weighted by Gasteiger charge is -2.11. The monoisotopic (exact) mass is 410 g/mol. The first kappa shape index (κ1) is 20.4. The predicted octanol–water partition coefficient (Wildman–Crippen LogP) is 3.81. The third-order valence-corrected chi connectivity index (χ3v) is 4.74. The SMILES string of the molecule is O=C(O)C[C@@H](Cc1ccccc1)C(=O)N=c1ccc(-c2ccccc2Cl)cn1O. The Morgan fingerprint density at radius 2 is 1.69 bits per heavy atom. The average Bonchev–Trinajstić information content (AvgIpc) is 2.70. The van der Waals surface area contributed by atoms with Crippen molar-refractivity contribution in [3.8, 4) is 11.1 Å². The fourth-order valence-electron chi connectivity index (χ4n) is 2.99. The van der Waals surface area contributed by atoms with Gasteiger partial charge in [0.1, 0.15) is 0 Å². The molecule has 2 aromatic carbocycles. The number of carbonyl (C=O) groups is 2. The van der Waals surface area contributed by atoms with Crippen molar-refractivity contribution >= 4 is 23.5 Å². The van der Waals surface area contributed by atoms with Crippen LogP contribution in [0.3, 0.4) is 0 Å². The Kier molecular flexibility index (Phi) is 6.46. The summed E-state index contributed by atoms with van der Waals surface area (Å²) in [5.41, 5.74) is 2.22. The maximum Gasteiger partial charge on any atom is 0.304 e. The Morgan fingerprint density at radius 1 is 1.00 bits per heavy atom. The standard InChI is InChI=1S/C22H19ClN2O4/c23-19-9-5-4-8-18(19)16-10-11-20(25(29)14-16)24-22(28)17(13-21(26)27)12-15-6-2-1-3-7-15/h1-11,14,17,29H,12-13H2,(H,26,27)/t17-/m1/s1. The molecule has 1 amide bonds. The van der Waals surface area contributed by atoms with Crippen molar-refractivity contribution in [3.05, 3.63) is 89.0 Å². The smallest absolute Gasteiger partial charge is 0.304 e. The zero-order valence-corrected chi connectivity index (χ0v) is 16.2. The first-order valence-corrected chi connectivity index (χ1v) is 9.33. The largest absolute Gasteiger partial charge is 0.481 e. The highest BCUT2D eigenvalue weighted by Crippen LogP contribution is 2.26. The molecule has 148 valence electrons. The molecule has 0 aliphatic carbocycles. The number of carbonyl (C=O) groups excluding carboxylic acids is 1. The summed E-state index contributed by atoms with van der Waals surface area (Å²) < 4.78 is 0.733. The van der Waals surface area contributed by atoms with Crippen molar-refractivity contribution < 1.29 is 19.9 Å². The van der Waals surface area contributed by atoms with Gasteiger partial charge in [-0.15, -0.1) is 0 Å². The number of halogens is 1. The summed E-state index contributed by atoms with van der Waals surface area (Å²) in [5.74, 6) is -2.52. The van der Waals surface area contributed by atoms with E-state index in [1.54, 1.807) is 18.2 Å². The Morgan fingerprint density at radius 3 is 2.34 bits per heavy atom. The second kappa shape index (κ2) is 9.21. The Balaban J connectivity index is 1.89. The molecular formula is C22H19ClN2O4.